The van der Waals surface area contributed by atoms with E-state index in [9.17, 15) is 4.79 Å². The number of amides is 1. The van der Waals surface area contributed by atoms with Gasteiger partial charge in [-0.05, 0) is 56.3 Å². The molecule has 0 fully saturated rings. The maximum absolute atomic E-state index is 12.8. The van der Waals surface area contributed by atoms with Crippen LogP contribution in [0.4, 0.5) is 5.82 Å². The molecule has 1 aromatic carbocycles. The fraction of sp³-hybridized carbons (Fsp3) is 0.143. The Morgan fingerprint density at radius 2 is 1.90 bits per heavy atom. The topological polar surface area (TPSA) is 98.5 Å². The summed E-state index contributed by atoms with van der Waals surface area (Å²) in [5.74, 6) is 0.859. The van der Waals surface area contributed by atoms with Gasteiger partial charge in [0.05, 0.1) is 0 Å². The molecule has 1 N–H and O–H groups in total. The summed E-state index contributed by atoms with van der Waals surface area (Å²) < 4.78 is 1.93. The molecule has 150 valence electrons. The summed E-state index contributed by atoms with van der Waals surface area (Å²) in [6.07, 6.45) is 3.30. The van der Waals surface area contributed by atoms with E-state index in [1.807, 2.05) is 60.9 Å². The van der Waals surface area contributed by atoms with E-state index in [4.69, 9.17) is 0 Å². The lowest BCUT2D eigenvalue weighted by Gasteiger charge is -2.11. The van der Waals surface area contributed by atoms with Crippen LogP contribution < -0.4 is 5.32 Å². The first kappa shape index (κ1) is 19.7. The van der Waals surface area contributed by atoms with E-state index in [2.05, 4.69) is 30.7 Å². The molecule has 4 rings (SSSR count). The maximum Gasteiger partial charge on any atom is 0.256 e. The highest BCUT2D eigenvalue weighted by Crippen LogP contribution is 2.26. The second-order valence-electron chi connectivity index (χ2n) is 6.71. The molecule has 30 heavy (non-hydrogen) atoms. The minimum Gasteiger partial charge on any atom is -0.310 e. The highest BCUT2D eigenvalue weighted by molar-refractivity contribution is 7.99. The predicted octanol–water partition coefficient (Wildman–Crippen LogP) is 4.11. The number of pyridine rings is 1. The molecule has 0 aliphatic heterocycles. The third-order valence-corrected chi connectivity index (χ3v) is 5.13. The van der Waals surface area contributed by atoms with Crippen molar-refractivity contribution in [3.8, 4) is 11.5 Å². The fourth-order valence-electron chi connectivity index (χ4n) is 2.78. The lowest BCUT2D eigenvalue weighted by atomic mass is 10.2. The van der Waals surface area contributed by atoms with Crippen LogP contribution in [0.15, 0.2) is 77.0 Å². The number of benzene rings is 1. The average Bonchev–Trinajstić information content (AvgIpc) is 3.25. The Balaban J connectivity index is 1.52. The summed E-state index contributed by atoms with van der Waals surface area (Å²) in [5.41, 5.74) is 1.17. The molecule has 0 bridgehead atoms. The molecule has 4 aromatic rings. The van der Waals surface area contributed by atoms with Crippen molar-refractivity contribution in [2.45, 2.75) is 29.8 Å². The van der Waals surface area contributed by atoms with Crippen molar-refractivity contribution in [2.75, 3.05) is 5.32 Å². The summed E-state index contributed by atoms with van der Waals surface area (Å²) in [5, 5.41) is 19.7. The molecule has 0 saturated heterocycles. The van der Waals surface area contributed by atoms with Crippen molar-refractivity contribution in [2.24, 2.45) is 0 Å². The average molecular weight is 417 g/mol. The van der Waals surface area contributed by atoms with Crippen LogP contribution in [-0.2, 0) is 0 Å². The molecular formula is C21H19N7OS. The quantitative estimate of drug-likeness (QED) is 0.504. The Morgan fingerprint density at radius 1 is 1.03 bits per heavy atom. The number of nitrogens with one attached hydrogen (secondary N) is 1. The van der Waals surface area contributed by atoms with Gasteiger partial charge in [-0.1, -0.05) is 23.9 Å². The summed E-state index contributed by atoms with van der Waals surface area (Å²) >= 11 is 1.44. The molecule has 0 radical (unpaired) electrons. The molecule has 0 unspecified atom stereocenters. The zero-order valence-corrected chi connectivity index (χ0v) is 17.2. The van der Waals surface area contributed by atoms with E-state index in [0.29, 0.717) is 22.9 Å². The Labute approximate surface area is 177 Å². The minimum atomic E-state index is -0.244. The number of carbonyl (C=O) groups is 1. The predicted molar refractivity (Wildman–Crippen MR) is 114 cm³/mol. The van der Waals surface area contributed by atoms with Gasteiger partial charge in [0.25, 0.3) is 5.91 Å². The fourth-order valence-corrected chi connectivity index (χ4v) is 3.59. The van der Waals surface area contributed by atoms with Gasteiger partial charge in [0.2, 0.25) is 0 Å². The van der Waals surface area contributed by atoms with Crippen LogP contribution in [0.25, 0.3) is 11.5 Å². The van der Waals surface area contributed by atoms with E-state index < -0.39 is 0 Å². The Hall–Kier alpha value is -3.59. The highest BCUT2D eigenvalue weighted by Gasteiger charge is 2.13. The van der Waals surface area contributed by atoms with Gasteiger partial charge in [0.15, 0.2) is 5.82 Å². The van der Waals surface area contributed by atoms with Crippen molar-refractivity contribution in [1.82, 2.24) is 29.9 Å². The molecule has 1 amide bonds. The molecule has 0 spiro atoms. The maximum atomic E-state index is 12.8. The summed E-state index contributed by atoms with van der Waals surface area (Å²) in [4.78, 5) is 18.2. The standard InChI is InChI=1S/C21H19N7OS/c1-14(2)28-13-23-27-20(28)17-8-4-9-18(24-17)25-21(29)15-6-3-7-16(12-15)30-19-10-5-11-22-26-19/h3-14H,1-2H3,(H,24,25,29). The molecule has 0 aliphatic carbocycles. The van der Waals surface area contributed by atoms with E-state index in [0.717, 1.165) is 9.92 Å². The van der Waals surface area contributed by atoms with Crippen molar-refractivity contribution in [3.63, 3.8) is 0 Å². The van der Waals surface area contributed by atoms with Crippen molar-refractivity contribution in [1.29, 1.82) is 0 Å². The van der Waals surface area contributed by atoms with E-state index in [1.165, 1.54) is 11.8 Å². The first-order valence-corrected chi connectivity index (χ1v) is 10.2. The van der Waals surface area contributed by atoms with Crippen LogP contribution in [-0.4, -0.2) is 35.9 Å². The Kier molecular flexibility index (Phi) is 5.80. The van der Waals surface area contributed by atoms with Crippen molar-refractivity contribution < 1.29 is 4.79 Å². The van der Waals surface area contributed by atoms with E-state index in [1.54, 1.807) is 24.7 Å². The van der Waals surface area contributed by atoms with Crippen LogP contribution in [0.5, 0.6) is 0 Å². The second-order valence-corrected chi connectivity index (χ2v) is 7.80. The molecule has 3 aromatic heterocycles. The Bertz CT molecular complexity index is 1160. The van der Waals surface area contributed by atoms with Crippen LogP contribution in [0, 0.1) is 0 Å². The third-order valence-electron chi connectivity index (χ3n) is 4.22. The number of carbonyl (C=O) groups excluding carboxylic acids is 1. The van der Waals surface area contributed by atoms with Gasteiger partial charge in [-0.2, -0.15) is 5.10 Å². The van der Waals surface area contributed by atoms with Crippen LogP contribution in [0.3, 0.4) is 0 Å². The van der Waals surface area contributed by atoms with Gasteiger partial charge in [-0.15, -0.1) is 15.3 Å². The van der Waals surface area contributed by atoms with Gasteiger partial charge in [-0.25, -0.2) is 4.98 Å². The SMILES string of the molecule is CC(C)n1cnnc1-c1cccc(NC(=O)c2cccc(Sc3cccnn3)c2)n1. The van der Waals surface area contributed by atoms with Gasteiger partial charge in [0, 0.05) is 22.7 Å². The second kappa shape index (κ2) is 8.83. The zero-order valence-electron chi connectivity index (χ0n) is 16.4. The third kappa shape index (κ3) is 4.52. The lowest BCUT2D eigenvalue weighted by Crippen LogP contribution is -2.13. The van der Waals surface area contributed by atoms with Crippen LogP contribution >= 0.6 is 11.8 Å². The van der Waals surface area contributed by atoms with Gasteiger partial charge >= 0.3 is 0 Å². The monoisotopic (exact) mass is 417 g/mol. The summed E-state index contributed by atoms with van der Waals surface area (Å²) in [7, 11) is 0. The number of nitrogens with zero attached hydrogens (tertiary/aromatic N) is 6. The largest absolute Gasteiger partial charge is 0.310 e. The minimum absolute atomic E-state index is 0.199. The molecular weight excluding hydrogens is 398 g/mol. The van der Waals surface area contributed by atoms with Gasteiger partial charge < -0.3 is 9.88 Å². The van der Waals surface area contributed by atoms with Crippen molar-refractivity contribution >= 4 is 23.5 Å². The molecule has 3 heterocycles. The molecule has 0 aliphatic rings. The molecule has 8 nitrogen and oxygen atoms in total. The molecule has 9 heteroatoms. The Morgan fingerprint density at radius 3 is 2.70 bits per heavy atom. The zero-order chi connectivity index (χ0) is 20.9. The number of rotatable bonds is 6. The summed E-state index contributed by atoms with van der Waals surface area (Å²) in [6.45, 7) is 4.09. The van der Waals surface area contributed by atoms with Crippen LogP contribution in [0.2, 0.25) is 0 Å². The normalized spacial score (nSPS) is 10.9. The number of hydrogen-bond acceptors (Lipinski definition) is 7. The number of aromatic nitrogens is 6. The number of hydrogen-bond donors (Lipinski definition) is 1. The summed E-state index contributed by atoms with van der Waals surface area (Å²) in [6, 6.07) is 16.6. The van der Waals surface area contributed by atoms with E-state index in [-0.39, 0.29) is 11.9 Å². The first-order chi connectivity index (χ1) is 14.6. The molecule has 0 atom stereocenters. The number of anilines is 1. The first-order valence-electron chi connectivity index (χ1n) is 9.34. The lowest BCUT2D eigenvalue weighted by molar-refractivity contribution is 0.102. The van der Waals surface area contributed by atoms with Crippen LogP contribution in [0.1, 0.15) is 30.2 Å². The van der Waals surface area contributed by atoms with Crippen molar-refractivity contribution in [3.05, 3.63) is 72.7 Å². The smallest absolute Gasteiger partial charge is 0.256 e. The van der Waals surface area contributed by atoms with E-state index >= 15 is 0 Å². The molecule has 0 saturated carbocycles. The highest BCUT2D eigenvalue weighted by atomic mass is 32.2. The van der Waals surface area contributed by atoms with Gasteiger partial charge in [0.1, 0.15) is 22.9 Å². The van der Waals surface area contributed by atoms with Gasteiger partial charge in [-0.3, -0.25) is 4.79 Å².